The molecule has 0 saturated heterocycles. The molecule has 114 valence electrons. The minimum Gasteiger partial charge on any atom is -0.550 e. The number of rotatable bonds is 5. The SMILES string of the molecule is O=C([O-])Cc1ccc2c(c1)N(Cc1ccc(CO)cc1)CC2.[Li+]. The van der Waals surface area contributed by atoms with Crippen molar-refractivity contribution in [2.45, 2.75) is 26.0 Å². The number of aliphatic hydroxyl groups is 1. The first kappa shape index (κ1) is 17.6. The Morgan fingerprint density at radius 2 is 1.74 bits per heavy atom. The van der Waals surface area contributed by atoms with Crippen molar-refractivity contribution in [2.75, 3.05) is 11.4 Å². The minimum atomic E-state index is -1.05. The second-order valence-electron chi connectivity index (χ2n) is 5.66. The maximum Gasteiger partial charge on any atom is 1.00 e. The van der Waals surface area contributed by atoms with Crippen LogP contribution >= 0.6 is 0 Å². The first-order chi connectivity index (χ1) is 10.7. The number of carboxylic acid groups (broad SMARTS) is 1. The van der Waals surface area contributed by atoms with Gasteiger partial charge in [0.25, 0.3) is 0 Å². The van der Waals surface area contributed by atoms with Crippen molar-refractivity contribution in [1.29, 1.82) is 0 Å². The molecule has 1 heterocycles. The zero-order valence-corrected chi connectivity index (χ0v) is 13.3. The molecule has 0 atom stereocenters. The summed E-state index contributed by atoms with van der Waals surface area (Å²) in [6, 6.07) is 13.7. The Labute approximate surface area is 147 Å². The van der Waals surface area contributed by atoms with E-state index >= 15 is 0 Å². The summed E-state index contributed by atoms with van der Waals surface area (Å²) in [6.07, 6.45) is 0.933. The molecule has 1 aliphatic heterocycles. The number of hydrogen-bond acceptors (Lipinski definition) is 4. The number of aliphatic hydroxyl groups excluding tert-OH is 1. The molecule has 0 amide bonds. The summed E-state index contributed by atoms with van der Waals surface area (Å²) in [6.45, 7) is 1.78. The molecule has 0 radical (unpaired) electrons. The van der Waals surface area contributed by atoms with Crippen LogP contribution in [0.3, 0.4) is 0 Å². The predicted octanol–water partition coefficient (Wildman–Crippen LogP) is -1.96. The van der Waals surface area contributed by atoms with Crippen LogP contribution in [0.25, 0.3) is 0 Å². The van der Waals surface area contributed by atoms with Gasteiger partial charge in [-0.15, -0.1) is 0 Å². The van der Waals surface area contributed by atoms with Crippen LogP contribution in [-0.4, -0.2) is 17.6 Å². The van der Waals surface area contributed by atoms with Gasteiger partial charge in [-0.05, 0) is 34.7 Å². The van der Waals surface area contributed by atoms with Gasteiger partial charge in [-0.2, -0.15) is 0 Å². The predicted molar refractivity (Wildman–Crippen MR) is 82.3 cm³/mol. The summed E-state index contributed by atoms with van der Waals surface area (Å²) in [5, 5.41) is 19.8. The topological polar surface area (TPSA) is 63.6 Å². The normalized spacial score (nSPS) is 12.7. The zero-order valence-electron chi connectivity index (χ0n) is 13.3. The van der Waals surface area contributed by atoms with Gasteiger partial charge in [0.1, 0.15) is 0 Å². The number of fused-ring (bicyclic) bond motifs is 1. The standard InChI is InChI=1S/C18H19NO3.Li/c20-12-14-3-1-13(2-4-14)11-19-8-7-16-6-5-15(9-17(16)19)10-18(21)22;/h1-6,9,20H,7-8,10-12H2,(H,21,22);/q;+1/p-1. The first-order valence-corrected chi connectivity index (χ1v) is 7.41. The van der Waals surface area contributed by atoms with Gasteiger partial charge in [-0.3, -0.25) is 0 Å². The van der Waals surface area contributed by atoms with Gasteiger partial charge in [-0.25, -0.2) is 0 Å². The van der Waals surface area contributed by atoms with Crippen LogP contribution in [-0.2, 0) is 30.8 Å². The van der Waals surface area contributed by atoms with E-state index in [1.54, 1.807) is 0 Å². The maximum absolute atomic E-state index is 10.8. The molecule has 2 aromatic rings. The van der Waals surface area contributed by atoms with Crippen LogP contribution in [0.4, 0.5) is 5.69 Å². The van der Waals surface area contributed by atoms with E-state index in [1.165, 1.54) is 11.1 Å². The van der Waals surface area contributed by atoms with E-state index in [-0.39, 0.29) is 31.9 Å². The fourth-order valence-corrected chi connectivity index (χ4v) is 2.90. The molecule has 0 aromatic heterocycles. The quantitative estimate of drug-likeness (QED) is 0.652. The Morgan fingerprint density at radius 1 is 1.09 bits per heavy atom. The van der Waals surface area contributed by atoms with Gasteiger partial charge in [0.05, 0.1) is 6.61 Å². The number of aliphatic carboxylic acids is 1. The van der Waals surface area contributed by atoms with Crippen LogP contribution in [0.2, 0.25) is 0 Å². The Bertz CT molecular complexity index is 685. The van der Waals surface area contributed by atoms with Crippen molar-refractivity contribution in [3.8, 4) is 0 Å². The number of benzene rings is 2. The van der Waals surface area contributed by atoms with E-state index in [2.05, 4.69) is 4.90 Å². The fourth-order valence-electron chi connectivity index (χ4n) is 2.90. The zero-order chi connectivity index (χ0) is 15.5. The third-order valence-electron chi connectivity index (χ3n) is 4.07. The molecule has 2 aromatic carbocycles. The average molecular weight is 303 g/mol. The van der Waals surface area contributed by atoms with Crippen LogP contribution in [0, 0.1) is 0 Å². The van der Waals surface area contributed by atoms with Gasteiger partial charge in [0.2, 0.25) is 0 Å². The summed E-state index contributed by atoms with van der Waals surface area (Å²) in [5.74, 6) is -1.05. The Balaban J connectivity index is 0.00000192. The molecule has 4 nitrogen and oxygen atoms in total. The van der Waals surface area contributed by atoms with Gasteiger partial charge in [0.15, 0.2) is 0 Å². The maximum atomic E-state index is 10.8. The van der Waals surface area contributed by atoms with Crippen molar-refractivity contribution in [1.82, 2.24) is 0 Å². The molecule has 1 aliphatic rings. The van der Waals surface area contributed by atoms with E-state index in [1.807, 2.05) is 42.5 Å². The molecular formula is C18H18LiNO3. The number of carboxylic acids is 1. The molecule has 0 saturated carbocycles. The molecule has 23 heavy (non-hydrogen) atoms. The third kappa shape index (κ3) is 4.17. The van der Waals surface area contributed by atoms with E-state index in [0.717, 1.165) is 36.3 Å². The van der Waals surface area contributed by atoms with Gasteiger partial charge in [-0.1, -0.05) is 36.4 Å². The number of carbonyl (C=O) groups excluding carboxylic acids is 1. The molecule has 0 spiro atoms. The average Bonchev–Trinajstić information content (AvgIpc) is 2.90. The van der Waals surface area contributed by atoms with Crippen molar-refractivity contribution in [3.63, 3.8) is 0 Å². The number of carbonyl (C=O) groups is 1. The number of hydrogen-bond donors (Lipinski definition) is 1. The Hall–Kier alpha value is -1.73. The second kappa shape index (κ2) is 7.70. The molecule has 0 bridgehead atoms. The van der Waals surface area contributed by atoms with E-state index < -0.39 is 5.97 Å². The van der Waals surface area contributed by atoms with Crippen LogP contribution < -0.4 is 28.9 Å². The summed E-state index contributed by atoms with van der Waals surface area (Å²) in [7, 11) is 0. The third-order valence-corrected chi connectivity index (χ3v) is 4.07. The van der Waals surface area contributed by atoms with Crippen molar-refractivity contribution in [3.05, 3.63) is 64.7 Å². The van der Waals surface area contributed by atoms with Crippen LogP contribution in [0.5, 0.6) is 0 Å². The number of nitrogens with zero attached hydrogens (tertiary/aromatic N) is 1. The Morgan fingerprint density at radius 3 is 2.39 bits per heavy atom. The summed E-state index contributed by atoms with van der Waals surface area (Å²) in [4.78, 5) is 13.0. The summed E-state index contributed by atoms with van der Waals surface area (Å²) in [5.41, 5.74) is 5.23. The molecule has 5 heteroatoms. The molecular weight excluding hydrogens is 285 g/mol. The van der Waals surface area contributed by atoms with E-state index in [4.69, 9.17) is 5.11 Å². The molecule has 0 aliphatic carbocycles. The molecule has 3 rings (SSSR count). The van der Waals surface area contributed by atoms with Crippen LogP contribution in [0.1, 0.15) is 22.3 Å². The summed E-state index contributed by atoms with van der Waals surface area (Å²) >= 11 is 0. The monoisotopic (exact) mass is 303 g/mol. The molecule has 0 fully saturated rings. The number of anilines is 1. The van der Waals surface area contributed by atoms with Crippen LogP contribution in [0.15, 0.2) is 42.5 Å². The fraction of sp³-hybridized carbons (Fsp3) is 0.278. The van der Waals surface area contributed by atoms with Gasteiger partial charge < -0.3 is 19.9 Å². The van der Waals surface area contributed by atoms with Gasteiger partial charge in [0, 0.05) is 31.2 Å². The Kier molecular flexibility index (Phi) is 5.90. The van der Waals surface area contributed by atoms with E-state index in [9.17, 15) is 9.90 Å². The van der Waals surface area contributed by atoms with E-state index in [0.29, 0.717) is 0 Å². The van der Waals surface area contributed by atoms with Gasteiger partial charge >= 0.3 is 18.9 Å². The first-order valence-electron chi connectivity index (χ1n) is 7.41. The smallest absolute Gasteiger partial charge is 0.550 e. The summed E-state index contributed by atoms with van der Waals surface area (Å²) < 4.78 is 0. The minimum absolute atomic E-state index is 0. The molecule has 0 unspecified atom stereocenters. The molecule has 1 N–H and O–H groups in total. The van der Waals surface area contributed by atoms with Crippen molar-refractivity contribution < 1.29 is 33.9 Å². The van der Waals surface area contributed by atoms with Crippen molar-refractivity contribution in [2.24, 2.45) is 0 Å². The largest absolute Gasteiger partial charge is 1.00 e. The van der Waals surface area contributed by atoms with Crippen molar-refractivity contribution >= 4 is 11.7 Å². The second-order valence-corrected chi connectivity index (χ2v) is 5.66.